The minimum Gasteiger partial charge on any atom is -0.336 e. The molecule has 8 heteroatoms. The lowest BCUT2D eigenvalue weighted by Gasteiger charge is -2.17. The molecule has 0 N–H and O–H groups in total. The fraction of sp³-hybridized carbons (Fsp3) is 0.318. The van der Waals surface area contributed by atoms with Crippen LogP contribution in [0.15, 0.2) is 49.2 Å². The van der Waals surface area contributed by atoms with E-state index in [0.717, 1.165) is 41.1 Å². The Labute approximate surface area is 174 Å². The zero-order valence-electron chi connectivity index (χ0n) is 17.1. The van der Waals surface area contributed by atoms with E-state index in [9.17, 15) is 4.79 Å². The topological polar surface area (TPSA) is 81.7 Å². The highest BCUT2D eigenvalue weighted by atomic mass is 16.2. The molecule has 5 rings (SSSR count). The standard InChI is InChI=1S/C22H23N7O/c1-15-8-16(2)29(26-15)19-5-7-27(13-19)22(30)18-9-20-21(24-11-18)28(14-25-20)12-17-4-3-6-23-10-17/h3-4,6,8-11,14,19H,5,7,12-13H2,1-2H3. The fourth-order valence-corrected chi connectivity index (χ4v) is 4.19. The number of nitrogens with zero attached hydrogens (tertiary/aromatic N) is 7. The van der Waals surface area contributed by atoms with Gasteiger partial charge in [0.05, 0.1) is 30.2 Å². The lowest BCUT2D eigenvalue weighted by Crippen LogP contribution is -2.29. The van der Waals surface area contributed by atoms with Crippen LogP contribution in [-0.4, -0.2) is 53.2 Å². The zero-order valence-corrected chi connectivity index (χ0v) is 17.1. The largest absolute Gasteiger partial charge is 0.336 e. The molecule has 4 aromatic heterocycles. The van der Waals surface area contributed by atoms with Crippen LogP contribution in [0, 0.1) is 13.8 Å². The molecule has 8 nitrogen and oxygen atoms in total. The second kappa shape index (κ2) is 7.37. The van der Waals surface area contributed by atoms with Crippen LogP contribution in [0.25, 0.3) is 11.2 Å². The predicted octanol–water partition coefficient (Wildman–Crippen LogP) is 2.78. The second-order valence-corrected chi connectivity index (χ2v) is 7.87. The van der Waals surface area contributed by atoms with E-state index in [1.807, 2.05) is 45.5 Å². The van der Waals surface area contributed by atoms with E-state index < -0.39 is 0 Å². The lowest BCUT2D eigenvalue weighted by molar-refractivity contribution is 0.0786. The summed E-state index contributed by atoms with van der Waals surface area (Å²) in [5.41, 5.74) is 5.27. The van der Waals surface area contributed by atoms with Crippen LogP contribution in [-0.2, 0) is 6.54 Å². The summed E-state index contributed by atoms with van der Waals surface area (Å²) in [5, 5.41) is 4.59. The Bertz CT molecular complexity index is 1210. The molecule has 0 aliphatic carbocycles. The Morgan fingerprint density at radius 2 is 2.10 bits per heavy atom. The van der Waals surface area contributed by atoms with Gasteiger partial charge in [-0.15, -0.1) is 0 Å². The van der Waals surface area contributed by atoms with Crippen LogP contribution in [0.1, 0.15) is 39.8 Å². The summed E-state index contributed by atoms with van der Waals surface area (Å²) in [7, 11) is 0. The van der Waals surface area contributed by atoms with Crippen LogP contribution in [0.2, 0.25) is 0 Å². The van der Waals surface area contributed by atoms with Crippen molar-refractivity contribution in [2.24, 2.45) is 0 Å². The van der Waals surface area contributed by atoms with E-state index in [-0.39, 0.29) is 11.9 Å². The van der Waals surface area contributed by atoms with Gasteiger partial charge in [-0.25, -0.2) is 9.97 Å². The van der Waals surface area contributed by atoms with Crippen molar-refractivity contribution >= 4 is 17.1 Å². The van der Waals surface area contributed by atoms with Gasteiger partial charge in [0.15, 0.2) is 5.65 Å². The molecule has 5 heterocycles. The van der Waals surface area contributed by atoms with Crippen LogP contribution in [0.5, 0.6) is 0 Å². The number of aromatic nitrogens is 6. The van der Waals surface area contributed by atoms with E-state index in [0.29, 0.717) is 18.7 Å². The molecule has 0 bridgehead atoms. The van der Waals surface area contributed by atoms with E-state index in [2.05, 4.69) is 33.0 Å². The third-order valence-electron chi connectivity index (χ3n) is 5.62. The molecule has 1 saturated heterocycles. The number of fused-ring (bicyclic) bond motifs is 1. The average molecular weight is 401 g/mol. The summed E-state index contributed by atoms with van der Waals surface area (Å²) in [6.07, 6.45) is 7.90. The summed E-state index contributed by atoms with van der Waals surface area (Å²) >= 11 is 0. The molecule has 0 saturated carbocycles. The summed E-state index contributed by atoms with van der Waals surface area (Å²) < 4.78 is 4.01. The maximum Gasteiger partial charge on any atom is 0.255 e. The molecule has 0 radical (unpaired) electrons. The van der Waals surface area contributed by atoms with Gasteiger partial charge in [-0.05, 0) is 44.0 Å². The van der Waals surface area contributed by atoms with Crippen molar-refractivity contribution in [1.29, 1.82) is 0 Å². The Kier molecular flexibility index (Phi) is 4.54. The first-order chi connectivity index (χ1) is 14.6. The predicted molar refractivity (Wildman–Crippen MR) is 112 cm³/mol. The summed E-state index contributed by atoms with van der Waals surface area (Å²) in [4.78, 5) is 28.1. The van der Waals surface area contributed by atoms with Gasteiger partial charge in [0.2, 0.25) is 0 Å². The Hall–Kier alpha value is -3.55. The first-order valence-corrected chi connectivity index (χ1v) is 10.1. The number of aryl methyl sites for hydroxylation is 2. The van der Waals surface area contributed by atoms with Gasteiger partial charge in [0, 0.05) is 37.4 Å². The van der Waals surface area contributed by atoms with Crippen molar-refractivity contribution in [2.45, 2.75) is 32.9 Å². The van der Waals surface area contributed by atoms with Crippen molar-refractivity contribution < 1.29 is 4.79 Å². The molecular formula is C22H23N7O. The Morgan fingerprint density at radius 1 is 1.20 bits per heavy atom. The molecule has 1 fully saturated rings. The number of rotatable bonds is 4. The molecule has 1 aliphatic heterocycles. The van der Waals surface area contributed by atoms with Gasteiger partial charge in [0.1, 0.15) is 5.52 Å². The molecule has 1 amide bonds. The fourth-order valence-electron chi connectivity index (χ4n) is 4.19. The van der Waals surface area contributed by atoms with Gasteiger partial charge in [-0.2, -0.15) is 5.10 Å². The molecule has 152 valence electrons. The van der Waals surface area contributed by atoms with Crippen LogP contribution >= 0.6 is 0 Å². The van der Waals surface area contributed by atoms with Crippen LogP contribution in [0.4, 0.5) is 0 Å². The summed E-state index contributed by atoms with van der Waals surface area (Å²) in [6, 6.07) is 8.06. The third kappa shape index (κ3) is 3.34. The van der Waals surface area contributed by atoms with Gasteiger partial charge >= 0.3 is 0 Å². The molecule has 0 aromatic carbocycles. The number of hydrogen-bond acceptors (Lipinski definition) is 5. The molecular weight excluding hydrogens is 378 g/mol. The highest BCUT2D eigenvalue weighted by molar-refractivity contribution is 5.96. The number of amides is 1. The molecule has 1 unspecified atom stereocenters. The van der Waals surface area contributed by atoms with Crippen molar-refractivity contribution in [2.75, 3.05) is 13.1 Å². The van der Waals surface area contributed by atoms with E-state index in [1.54, 1.807) is 18.7 Å². The highest BCUT2D eigenvalue weighted by Gasteiger charge is 2.29. The molecule has 1 aliphatic rings. The number of imidazole rings is 1. The Morgan fingerprint density at radius 3 is 2.87 bits per heavy atom. The minimum atomic E-state index is -0.00441. The lowest BCUT2D eigenvalue weighted by atomic mass is 10.2. The average Bonchev–Trinajstić information content (AvgIpc) is 3.47. The normalized spacial score (nSPS) is 16.5. The quantitative estimate of drug-likeness (QED) is 0.525. The van der Waals surface area contributed by atoms with E-state index in [1.165, 1.54) is 0 Å². The number of hydrogen-bond donors (Lipinski definition) is 0. The first kappa shape index (κ1) is 18.5. The number of likely N-dealkylation sites (tertiary alicyclic amines) is 1. The SMILES string of the molecule is Cc1cc(C)n(C2CCN(C(=O)c3cnc4c(c3)ncn4Cc3cccnc3)C2)n1. The molecule has 30 heavy (non-hydrogen) atoms. The van der Waals surface area contributed by atoms with Gasteiger partial charge in [-0.1, -0.05) is 6.07 Å². The minimum absolute atomic E-state index is 0.00441. The van der Waals surface area contributed by atoms with Crippen molar-refractivity contribution in [3.63, 3.8) is 0 Å². The summed E-state index contributed by atoms with van der Waals surface area (Å²) in [6.45, 7) is 6.07. The van der Waals surface area contributed by atoms with Gasteiger partial charge < -0.3 is 9.47 Å². The monoisotopic (exact) mass is 401 g/mol. The third-order valence-corrected chi connectivity index (χ3v) is 5.62. The summed E-state index contributed by atoms with van der Waals surface area (Å²) in [5.74, 6) is -0.00441. The molecule has 1 atom stereocenters. The van der Waals surface area contributed by atoms with E-state index >= 15 is 0 Å². The first-order valence-electron chi connectivity index (χ1n) is 10.1. The molecule has 4 aromatic rings. The maximum atomic E-state index is 13.1. The Balaban J connectivity index is 1.34. The van der Waals surface area contributed by atoms with Crippen molar-refractivity contribution in [1.82, 2.24) is 34.2 Å². The zero-order chi connectivity index (χ0) is 20.7. The number of carbonyl (C=O) groups is 1. The smallest absolute Gasteiger partial charge is 0.255 e. The van der Waals surface area contributed by atoms with Gasteiger partial charge in [0.25, 0.3) is 5.91 Å². The maximum absolute atomic E-state index is 13.1. The number of carbonyl (C=O) groups excluding carboxylic acids is 1. The van der Waals surface area contributed by atoms with E-state index in [4.69, 9.17) is 0 Å². The van der Waals surface area contributed by atoms with Crippen molar-refractivity contribution in [3.05, 3.63) is 71.7 Å². The number of pyridine rings is 2. The van der Waals surface area contributed by atoms with Crippen LogP contribution < -0.4 is 0 Å². The van der Waals surface area contributed by atoms with Gasteiger partial charge in [-0.3, -0.25) is 14.5 Å². The van der Waals surface area contributed by atoms with Crippen molar-refractivity contribution in [3.8, 4) is 0 Å². The second-order valence-electron chi connectivity index (χ2n) is 7.87. The van der Waals surface area contributed by atoms with Crippen LogP contribution in [0.3, 0.4) is 0 Å². The highest BCUT2D eigenvalue weighted by Crippen LogP contribution is 2.25. The molecule has 0 spiro atoms.